The Hall–Kier alpha value is -1.59. The number of hydrogen-bond acceptors (Lipinski definition) is 3. The van der Waals surface area contributed by atoms with Crippen molar-refractivity contribution in [1.82, 2.24) is 0 Å². The van der Waals surface area contributed by atoms with Crippen molar-refractivity contribution in [2.24, 2.45) is 0 Å². The minimum atomic E-state index is -0.770. The number of hydrogen-bond donors (Lipinski definition) is 0. The highest BCUT2D eigenvalue weighted by Gasteiger charge is 2.21. The molecule has 0 N–H and O–H groups in total. The first-order chi connectivity index (χ1) is 9.99. The predicted molar refractivity (Wildman–Crippen MR) is 82.1 cm³/mol. The molecule has 2 aromatic carbocycles. The smallest absolute Gasteiger partial charge is 0.199 e. The normalized spacial score (nSPS) is 10.3. The van der Waals surface area contributed by atoms with Gasteiger partial charge in [0.2, 0.25) is 0 Å². The molecule has 0 bridgehead atoms. The van der Waals surface area contributed by atoms with Crippen molar-refractivity contribution in [3.63, 3.8) is 0 Å². The Labute approximate surface area is 134 Å². The highest BCUT2D eigenvalue weighted by Crippen LogP contribution is 2.31. The van der Waals surface area contributed by atoms with Crippen LogP contribution in [0.3, 0.4) is 0 Å². The molecule has 0 radical (unpaired) electrons. The van der Waals surface area contributed by atoms with Gasteiger partial charge in [0.25, 0.3) is 0 Å². The summed E-state index contributed by atoms with van der Waals surface area (Å²) in [6.45, 7) is 0. The van der Waals surface area contributed by atoms with Gasteiger partial charge in [0.1, 0.15) is 11.5 Å². The molecule has 2 aromatic rings. The van der Waals surface area contributed by atoms with Crippen LogP contribution in [0, 0.1) is 5.82 Å². The Morgan fingerprint density at radius 2 is 1.81 bits per heavy atom. The Kier molecular flexibility index (Phi) is 4.85. The Morgan fingerprint density at radius 1 is 1.14 bits per heavy atom. The summed E-state index contributed by atoms with van der Waals surface area (Å²) in [6, 6.07) is 7.58. The highest BCUT2D eigenvalue weighted by atomic mass is 79.9. The van der Waals surface area contributed by atoms with E-state index in [-0.39, 0.29) is 16.1 Å². The molecule has 0 unspecified atom stereocenters. The third kappa shape index (κ3) is 3.04. The van der Waals surface area contributed by atoms with Crippen LogP contribution in [-0.4, -0.2) is 20.0 Å². The van der Waals surface area contributed by atoms with E-state index in [1.165, 1.54) is 32.4 Å². The van der Waals surface area contributed by atoms with Crippen LogP contribution in [-0.2, 0) is 0 Å². The zero-order chi connectivity index (χ0) is 15.6. The molecule has 0 heterocycles. The van der Waals surface area contributed by atoms with Gasteiger partial charge >= 0.3 is 0 Å². The monoisotopic (exact) mass is 372 g/mol. The van der Waals surface area contributed by atoms with E-state index in [4.69, 9.17) is 21.1 Å². The molecule has 0 fully saturated rings. The lowest BCUT2D eigenvalue weighted by Crippen LogP contribution is -2.07. The third-order valence-electron chi connectivity index (χ3n) is 2.93. The summed E-state index contributed by atoms with van der Waals surface area (Å²) in [6.07, 6.45) is 0. The first-order valence-corrected chi connectivity index (χ1v) is 7.07. The SMILES string of the molecule is COc1ccc(C(=O)c2ccc(Br)c(Cl)c2F)c(OC)c1. The topological polar surface area (TPSA) is 35.5 Å². The summed E-state index contributed by atoms with van der Waals surface area (Å²) in [5.41, 5.74) is 0.113. The molecule has 0 amide bonds. The van der Waals surface area contributed by atoms with E-state index >= 15 is 0 Å². The highest BCUT2D eigenvalue weighted by molar-refractivity contribution is 9.10. The standard InChI is InChI=1S/C15H11BrClFO3/c1-20-8-3-4-9(12(7-8)21-2)15(19)10-5-6-11(16)13(17)14(10)18/h3-7H,1-2H3. The van der Waals surface area contributed by atoms with Crippen LogP contribution in [0.4, 0.5) is 4.39 Å². The van der Waals surface area contributed by atoms with E-state index in [0.29, 0.717) is 16.0 Å². The van der Waals surface area contributed by atoms with Gasteiger partial charge in [-0.1, -0.05) is 11.6 Å². The molecule has 0 spiro atoms. The zero-order valence-corrected chi connectivity index (χ0v) is 13.6. The number of ketones is 1. The van der Waals surface area contributed by atoms with Gasteiger partial charge in [0, 0.05) is 10.5 Å². The van der Waals surface area contributed by atoms with Gasteiger partial charge < -0.3 is 9.47 Å². The summed E-state index contributed by atoms with van der Waals surface area (Å²) < 4.78 is 24.7. The molecule has 0 saturated heterocycles. The summed E-state index contributed by atoms with van der Waals surface area (Å²) >= 11 is 8.92. The van der Waals surface area contributed by atoms with E-state index in [1.54, 1.807) is 12.1 Å². The number of benzene rings is 2. The van der Waals surface area contributed by atoms with E-state index in [0.717, 1.165) is 0 Å². The van der Waals surface area contributed by atoms with E-state index in [1.807, 2.05) is 0 Å². The minimum Gasteiger partial charge on any atom is -0.497 e. The van der Waals surface area contributed by atoms with E-state index in [9.17, 15) is 9.18 Å². The first kappa shape index (κ1) is 15.8. The third-order valence-corrected chi connectivity index (χ3v) is 4.19. The molecule has 0 saturated carbocycles. The molecule has 2 rings (SSSR count). The summed E-state index contributed by atoms with van der Waals surface area (Å²) in [5, 5.41) is -0.131. The van der Waals surface area contributed by atoms with Crippen molar-refractivity contribution < 1.29 is 18.7 Å². The van der Waals surface area contributed by atoms with Crippen LogP contribution < -0.4 is 9.47 Å². The van der Waals surface area contributed by atoms with Crippen molar-refractivity contribution in [2.45, 2.75) is 0 Å². The summed E-state index contributed by atoms with van der Waals surface area (Å²) in [7, 11) is 2.93. The maximum atomic E-state index is 14.1. The molecule has 0 aliphatic rings. The molecular formula is C15H11BrClFO3. The molecule has 110 valence electrons. The fourth-order valence-electron chi connectivity index (χ4n) is 1.83. The summed E-state index contributed by atoms with van der Waals surface area (Å²) in [4.78, 5) is 12.5. The van der Waals surface area contributed by atoms with Crippen molar-refractivity contribution in [3.05, 3.63) is 56.8 Å². The average Bonchev–Trinajstić information content (AvgIpc) is 2.51. The molecule has 0 aromatic heterocycles. The van der Waals surface area contributed by atoms with Gasteiger partial charge in [-0.2, -0.15) is 0 Å². The second-order valence-corrected chi connectivity index (χ2v) is 5.35. The van der Waals surface area contributed by atoms with Gasteiger partial charge in [-0.3, -0.25) is 4.79 Å². The van der Waals surface area contributed by atoms with E-state index in [2.05, 4.69) is 15.9 Å². The largest absolute Gasteiger partial charge is 0.497 e. The maximum absolute atomic E-state index is 14.1. The Balaban J connectivity index is 2.52. The fraction of sp³-hybridized carbons (Fsp3) is 0.133. The first-order valence-electron chi connectivity index (χ1n) is 5.89. The number of rotatable bonds is 4. The van der Waals surface area contributed by atoms with Gasteiger partial charge in [-0.15, -0.1) is 0 Å². The lowest BCUT2D eigenvalue weighted by atomic mass is 10.0. The number of ether oxygens (including phenoxy) is 2. The maximum Gasteiger partial charge on any atom is 0.199 e. The predicted octanol–water partition coefficient (Wildman–Crippen LogP) is 4.49. The van der Waals surface area contributed by atoms with Crippen LogP contribution in [0.25, 0.3) is 0 Å². The minimum absolute atomic E-state index is 0.119. The molecular weight excluding hydrogens is 363 g/mol. The van der Waals surface area contributed by atoms with Gasteiger partial charge in [0.15, 0.2) is 11.6 Å². The van der Waals surface area contributed by atoms with Crippen LogP contribution in [0.5, 0.6) is 11.5 Å². The van der Waals surface area contributed by atoms with Gasteiger partial charge in [-0.25, -0.2) is 4.39 Å². The summed E-state index contributed by atoms with van der Waals surface area (Å²) in [5.74, 6) is -0.439. The Bertz CT molecular complexity index is 704. The van der Waals surface area contributed by atoms with Gasteiger partial charge in [-0.05, 0) is 40.2 Å². The van der Waals surface area contributed by atoms with Crippen molar-refractivity contribution in [2.75, 3.05) is 14.2 Å². The fourth-order valence-corrected chi connectivity index (χ4v) is 2.30. The zero-order valence-electron chi connectivity index (χ0n) is 11.2. The number of carbonyl (C=O) groups is 1. The number of methoxy groups -OCH3 is 2. The molecule has 21 heavy (non-hydrogen) atoms. The molecule has 6 heteroatoms. The second kappa shape index (κ2) is 6.45. The van der Waals surface area contributed by atoms with Crippen LogP contribution in [0.15, 0.2) is 34.8 Å². The Morgan fingerprint density at radius 3 is 2.43 bits per heavy atom. The lowest BCUT2D eigenvalue weighted by molar-refractivity contribution is 0.103. The van der Waals surface area contributed by atoms with Crippen molar-refractivity contribution >= 4 is 33.3 Å². The molecule has 0 aliphatic heterocycles. The number of halogens is 3. The molecule has 3 nitrogen and oxygen atoms in total. The number of carbonyl (C=O) groups excluding carboxylic acids is 1. The molecule has 0 aliphatic carbocycles. The lowest BCUT2D eigenvalue weighted by Gasteiger charge is -2.11. The average molecular weight is 374 g/mol. The molecule has 0 atom stereocenters. The van der Waals surface area contributed by atoms with Crippen molar-refractivity contribution in [3.8, 4) is 11.5 Å². The van der Waals surface area contributed by atoms with Crippen molar-refractivity contribution in [1.29, 1.82) is 0 Å². The second-order valence-electron chi connectivity index (χ2n) is 4.12. The van der Waals surface area contributed by atoms with Crippen LogP contribution in [0.2, 0.25) is 5.02 Å². The quantitative estimate of drug-likeness (QED) is 0.585. The van der Waals surface area contributed by atoms with Crippen LogP contribution in [0.1, 0.15) is 15.9 Å². The van der Waals surface area contributed by atoms with E-state index < -0.39 is 11.6 Å². The van der Waals surface area contributed by atoms with Gasteiger partial charge in [0.05, 0.1) is 30.4 Å². The van der Waals surface area contributed by atoms with Crippen LogP contribution >= 0.6 is 27.5 Å².